The van der Waals surface area contributed by atoms with Gasteiger partial charge in [0.25, 0.3) is 0 Å². The Morgan fingerprint density at radius 1 is 1.39 bits per heavy atom. The SMILES string of the molecule is COC(=O)c1cccc(NCC(C)C(C)C)c1N. The third-order valence-electron chi connectivity index (χ3n) is 3.26. The van der Waals surface area contributed by atoms with E-state index in [-0.39, 0.29) is 0 Å². The molecule has 3 N–H and O–H groups in total. The van der Waals surface area contributed by atoms with Crippen molar-refractivity contribution in [2.45, 2.75) is 20.8 Å². The van der Waals surface area contributed by atoms with Crippen LogP contribution in [0.25, 0.3) is 0 Å². The van der Waals surface area contributed by atoms with E-state index in [1.54, 1.807) is 12.1 Å². The van der Waals surface area contributed by atoms with Crippen LogP contribution < -0.4 is 11.1 Å². The van der Waals surface area contributed by atoms with E-state index in [0.717, 1.165) is 12.2 Å². The van der Waals surface area contributed by atoms with Crippen LogP contribution in [0.15, 0.2) is 18.2 Å². The second-order valence-electron chi connectivity index (χ2n) is 4.86. The van der Waals surface area contributed by atoms with Crippen molar-refractivity contribution < 1.29 is 9.53 Å². The van der Waals surface area contributed by atoms with Gasteiger partial charge in [-0.25, -0.2) is 4.79 Å². The molecule has 1 aromatic carbocycles. The summed E-state index contributed by atoms with van der Waals surface area (Å²) in [6.07, 6.45) is 0. The maximum atomic E-state index is 11.5. The monoisotopic (exact) mass is 250 g/mol. The van der Waals surface area contributed by atoms with Gasteiger partial charge >= 0.3 is 5.97 Å². The fourth-order valence-corrected chi connectivity index (χ4v) is 1.51. The number of nitrogens with one attached hydrogen (secondary N) is 1. The number of anilines is 2. The van der Waals surface area contributed by atoms with E-state index in [9.17, 15) is 4.79 Å². The molecule has 0 saturated heterocycles. The first-order chi connectivity index (χ1) is 8.47. The molecule has 0 saturated carbocycles. The second kappa shape index (κ2) is 6.28. The molecule has 1 rings (SSSR count). The van der Waals surface area contributed by atoms with Crippen LogP contribution in [-0.4, -0.2) is 19.6 Å². The highest BCUT2D eigenvalue weighted by atomic mass is 16.5. The molecule has 1 atom stereocenters. The van der Waals surface area contributed by atoms with Crippen molar-refractivity contribution in [2.24, 2.45) is 11.8 Å². The Morgan fingerprint density at radius 2 is 2.06 bits per heavy atom. The molecule has 0 aliphatic heterocycles. The third kappa shape index (κ3) is 3.39. The first-order valence-corrected chi connectivity index (χ1v) is 6.18. The maximum Gasteiger partial charge on any atom is 0.340 e. The van der Waals surface area contributed by atoms with Crippen LogP contribution in [0.1, 0.15) is 31.1 Å². The zero-order valence-electron chi connectivity index (χ0n) is 11.5. The minimum absolute atomic E-state index is 0.403. The van der Waals surface area contributed by atoms with E-state index in [2.05, 4.69) is 30.8 Å². The van der Waals surface area contributed by atoms with E-state index in [1.807, 2.05) is 6.07 Å². The van der Waals surface area contributed by atoms with Crippen LogP contribution in [0.2, 0.25) is 0 Å². The molecule has 0 aromatic heterocycles. The molecule has 1 unspecified atom stereocenters. The lowest BCUT2D eigenvalue weighted by Crippen LogP contribution is -2.17. The number of para-hydroxylation sites is 1. The van der Waals surface area contributed by atoms with Crippen LogP contribution in [0.3, 0.4) is 0 Å². The number of hydrogen-bond donors (Lipinski definition) is 2. The summed E-state index contributed by atoms with van der Waals surface area (Å²) >= 11 is 0. The predicted octanol–water partition coefficient (Wildman–Crippen LogP) is 2.76. The second-order valence-corrected chi connectivity index (χ2v) is 4.86. The van der Waals surface area contributed by atoms with Gasteiger partial charge in [-0.05, 0) is 24.0 Å². The van der Waals surface area contributed by atoms with Crippen molar-refractivity contribution in [3.63, 3.8) is 0 Å². The number of hydrogen-bond acceptors (Lipinski definition) is 4. The fraction of sp³-hybridized carbons (Fsp3) is 0.500. The molecule has 0 bridgehead atoms. The highest BCUT2D eigenvalue weighted by Gasteiger charge is 2.13. The number of carbonyl (C=O) groups is 1. The van der Waals surface area contributed by atoms with Gasteiger partial charge in [0, 0.05) is 6.54 Å². The molecule has 18 heavy (non-hydrogen) atoms. The minimum atomic E-state index is -0.409. The molecule has 100 valence electrons. The van der Waals surface area contributed by atoms with E-state index in [4.69, 9.17) is 5.73 Å². The van der Waals surface area contributed by atoms with Gasteiger partial charge in [-0.2, -0.15) is 0 Å². The van der Waals surface area contributed by atoms with Crippen molar-refractivity contribution in [3.05, 3.63) is 23.8 Å². The summed E-state index contributed by atoms with van der Waals surface area (Å²) in [6, 6.07) is 5.33. The number of carbonyl (C=O) groups excluding carboxylic acids is 1. The van der Waals surface area contributed by atoms with Gasteiger partial charge < -0.3 is 15.8 Å². The Balaban J connectivity index is 2.81. The van der Waals surface area contributed by atoms with Crippen LogP contribution in [0, 0.1) is 11.8 Å². The van der Waals surface area contributed by atoms with E-state index >= 15 is 0 Å². The fourth-order valence-electron chi connectivity index (χ4n) is 1.51. The molecule has 0 heterocycles. The highest BCUT2D eigenvalue weighted by Crippen LogP contribution is 2.24. The molecule has 4 heteroatoms. The summed E-state index contributed by atoms with van der Waals surface area (Å²) in [5.41, 5.74) is 7.59. The third-order valence-corrected chi connectivity index (χ3v) is 3.26. The van der Waals surface area contributed by atoms with Gasteiger partial charge in [0.1, 0.15) is 0 Å². The Bertz CT molecular complexity index is 416. The molecule has 4 nitrogen and oxygen atoms in total. The number of nitrogens with two attached hydrogens (primary N) is 1. The molecule has 0 spiro atoms. The quantitative estimate of drug-likeness (QED) is 0.623. The summed E-state index contributed by atoms with van der Waals surface area (Å²) in [5.74, 6) is 0.724. The topological polar surface area (TPSA) is 64.3 Å². The lowest BCUT2D eigenvalue weighted by atomic mass is 9.98. The smallest absolute Gasteiger partial charge is 0.340 e. The Hall–Kier alpha value is -1.71. The minimum Gasteiger partial charge on any atom is -0.465 e. The number of esters is 1. The highest BCUT2D eigenvalue weighted by molar-refractivity contribution is 5.98. The van der Waals surface area contributed by atoms with Gasteiger partial charge in [-0.1, -0.05) is 26.8 Å². The summed E-state index contributed by atoms with van der Waals surface area (Å²) in [6.45, 7) is 7.37. The Kier molecular flexibility index (Phi) is 5.01. The molecular formula is C14H22N2O2. The number of nitrogen functional groups attached to an aromatic ring is 1. The number of ether oxygens (including phenoxy) is 1. The van der Waals surface area contributed by atoms with Crippen LogP contribution >= 0.6 is 0 Å². The lowest BCUT2D eigenvalue weighted by Gasteiger charge is -2.18. The van der Waals surface area contributed by atoms with Crippen molar-refractivity contribution in [1.82, 2.24) is 0 Å². The molecule has 0 amide bonds. The van der Waals surface area contributed by atoms with Crippen LogP contribution in [-0.2, 0) is 4.74 Å². The number of methoxy groups -OCH3 is 1. The van der Waals surface area contributed by atoms with Gasteiger partial charge in [0.05, 0.1) is 24.0 Å². The molecule has 0 radical (unpaired) electrons. The molecule has 0 fully saturated rings. The van der Waals surface area contributed by atoms with Crippen molar-refractivity contribution >= 4 is 17.3 Å². The molecule has 0 aliphatic carbocycles. The zero-order valence-corrected chi connectivity index (χ0v) is 11.5. The average Bonchev–Trinajstić information content (AvgIpc) is 2.36. The maximum absolute atomic E-state index is 11.5. The average molecular weight is 250 g/mol. The summed E-state index contributed by atoms with van der Waals surface area (Å²) in [7, 11) is 1.35. The first-order valence-electron chi connectivity index (χ1n) is 6.18. The Labute approximate surface area is 109 Å². The zero-order chi connectivity index (χ0) is 13.7. The summed E-state index contributed by atoms with van der Waals surface area (Å²) in [4.78, 5) is 11.5. The summed E-state index contributed by atoms with van der Waals surface area (Å²) in [5, 5.41) is 3.28. The van der Waals surface area contributed by atoms with Crippen molar-refractivity contribution in [2.75, 3.05) is 24.7 Å². The lowest BCUT2D eigenvalue weighted by molar-refractivity contribution is 0.0602. The van der Waals surface area contributed by atoms with Crippen LogP contribution in [0.5, 0.6) is 0 Å². The molecular weight excluding hydrogens is 228 g/mol. The largest absolute Gasteiger partial charge is 0.465 e. The predicted molar refractivity (Wildman–Crippen MR) is 74.7 cm³/mol. The van der Waals surface area contributed by atoms with E-state index in [1.165, 1.54) is 7.11 Å². The number of benzene rings is 1. The van der Waals surface area contributed by atoms with Gasteiger partial charge in [-0.3, -0.25) is 0 Å². The van der Waals surface area contributed by atoms with Crippen molar-refractivity contribution in [1.29, 1.82) is 0 Å². The standard InChI is InChI=1S/C14H22N2O2/c1-9(2)10(3)8-16-12-7-5-6-11(13(12)15)14(17)18-4/h5-7,9-10,16H,8,15H2,1-4H3. The van der Waals surface area contributed by atoms with Crippen molar-refractivity contribution in [3.8, 4) is 0 Å². The van der Waals surface area contributed by atoms with Gasteiger partial charge in [0.15, 0.2) is 0 Å². The number of rotatable bonds is 5. The molecule has 1 aromatic rings. The summed E-state index contributed by atoms with van der Waals surface area (Å²) < 4.78 is 4.69. The van der Waals surface area contributed by atoms with E-state index < -0.39 is 5.97 Å². The van der Waals surface area contributed by atoms with Crippen LogP contribution in [0.4, 0.5) is 11.4 Å². The van der Waals surface area contributed by atoms with Gasteiger partial charge in [-0.15, -0.1) is 0 Å². The first kappa shape index (κ1) is 14.4. The molecule has 0 aliphatic rings. The normalized spacial score (nSPS) is 12.3. The van der Waals surface area contributed by atoms with Gasteiger partial charge in [0.2, 0.25) is 0 Å². The van der Waals surface area contributed by atoms with E-state index in [0.29, 0.717) is 23.1 Å². The Morgan fingerprint density at radius 3 is 2.61 bits per heavy atom.